The zero-order valence-electron chi connectivity index (χ0n) is 16.3. The van der Waals surface area contributed by atoms with Gasteiger partial charge in [0.1, 0.15) is 0 Å². The quantitative estimate of drug-likeness (QED) is 0.689. The molecule has 4 rings (SSSR count). The van der Waals surface area contributed by atoms with Crippen LogP contribution in [0.25, 0.3) is 0 Å². The van der Waals surface area contributed by atoms with Crippen LogP contribution in [0.5, 0.6) is 0 Å². The van der Waals surface area contributed by atoms with E-state index in [4.69, 9.17) is 16.3 Å². The summed E-state index contributed by atoms with van der Waals surface area (Å²) < 4.78 is 31.4. The van der Waals surface area contributed by atoms with Crippen molar-refractivity contribution in [2.24, 2.45) is 0 Å². The Hall–Kier alpha value is -1.89. The van der Waals surface area contributed by atoms with E-state index in [9.17, 15) is 13.2 Å². The third-order valence-electron chi connectivity index (χ3n) is 6.39. The molecule has 1 fully saturated rings. The normalized spacial score (nSPS) is 19.7. The highest BCUT2D eigenvalue weighted by Crippen LogP contribution is 2.46. The van der Waals surface area contributed by atoms with E-state index in [1.54, 1.807) is 4.90 Å². The lowest BCUT2D eigenvalue weighted by Gasteiger charge is -2.42. The summed E-state index contributed by atoms with van der Waals surface area (Å²) in [6.07, 6.45) is 3.79. The monoisotopic (exact) mass is 433 g/mol. The molecule has 0 N–H and O–H groups in total. The summed E-state index contributed by atoms with van der Waals surface area (Å²) in [4.78, 5) is 14.4. The fourth-order valence-electron chi connectivity index (χ4n) is 4.80. The van der Waals surface area contributed by atoms with Gasteiger partial charge in [0.05, 0.1) is 12.0 Å². The van der Waals surface area contributed by atoms with Gasteiger partial charge in [-0.2, -0.15) is 0 Å². The molecule has 1 spiro atoms. The maximum Gasteiger partial charge on any atom is 0.339 e. The van der Waals surface area contributed by atoms with Crippen LogP contribution >= 0.6 is 11.6 Å². The van der Waals surface area contributed by atoms with Crippen molar-refractivity contribution in [3.05, 3.63) is 64.7 Å². The second-order valence-corrected chi connectivity index (χ2v) is 10.3. The number of rotatable bonds is 4. The second kappa shape index (κ2) is 7.74. The van der Waals surface area contributed by atoms with Gasteiger partial charge in [0.25, 0.3) is 0 Å². The smallest absolute Gasteiger partial charge is 0.339 e. The first-order chi connectivity index (χ1) is 13.9. The molecule has 1 unspecified atom stereocenters. The SMILES string of the molecule is COC(=O)C(N1CCC2(CCc3ccccc32)CC1)S(=O)(=O)c1ccc(Cl)cc1. The standard InChI is InChI=1S/C22H24ClNO4S/c1-28-21(25)20(29(26,27)18-8-6-17(23)7-9-18)24-14-12-22(13-15-24)11-10-16-4-2-3-5-19(16)22/h2-9,20H,10-15H2,1H3. The first-order valence-corrected chi connectivity index (χ1v) is 11.7. The predicted octanol–water partition coefficient (Wildman–Crippen LogP) is 3.59. The summed E-state index contributed by atoms with van der Waals surface area (Å²) >= 11 is 5.89. The summed E-state index contributed by atoms with van der Waals surface area (Å²) in [6.45, 7) is 1.06. The number of methoxy groups -OCH3 is 1. The van der Waals surface area contributed by atoms with Gasteiger partial charge < -0.3 is 4.74 Å². The maximum atomic E-state index is 13.3. The van der Waals surface area contributed by atoms with Crippen molar-refractivity contribution < 1.29 is 17.9 Å². The van der Waals surface area contributed by atoms with Crippen LogP contribution in [0.15, 0.2) is 53.4 Å². The molecule has 2 aliphatic rings. The van der Waals surface area contributed by atoms with Crippen LogP contribution in [-0.4, -0.2) is 44.9 Å². The minimum absolute atomic E-state index is 0.0730. The number of ether oxygens (including phenoxy) is 1. The molecule has 0 radical (unpaired) electrons. The van der Waals surface area contributed by atoms with E-state index < -0.39 is 21.2 Å². The molecule has 2 aromatic rings. The van der Waals surface area contributed by atoms with Gasteiger partial charge in [-0.05, 0) is 66.5 Å². The Kier molecular flexibility index (Phi) is 5.44. The fourth-order valence-corrected chi connectivity index (χ4v) is 6.65. The van der Waals surface area contributed by atoms with Gasteiger partial charge in [0, 0.05) is 18.1 Å². The molecule has 1 heterocycles. The van der Waals surface area contributed by atoms with Gasteiger partial charge in [-0.3, -0.25) is 4.90 Å². The molecule has 0 aromatic heterocycles. The van der Waals surface area contributed by atoms with Gasteiger partial charge in [-0.25, -0.2) is 13.2 Å². The molecule has 29 heavy (non-hydrogen) atoms. The number of piperidine rings is 1. The lowest BCUT2D eigenvalue weighted by atomic mass is 9.74. The highest BCUT2D eigenvalue weighted by Gasteiger charge is 2.46. The van der Waals surface area contributed by atoms with Crippen LogP contribution in [0.2, 0.25) is 5.02 Å². The first-order valence-electron chi connectivity index (χ1n) is 9.77. The van der Waals surface area contributed by atoms with Gasteiger partial charge in [-0.15, -0.1) is 0 Å². The Bertz CT molecular complexity index is 1010. The molecule has 1 saturated heterocycles. The number of likely N-dealkylation sites (tertiary alicyclic amines) is 1. The van der Waals surface area contributed by atoms with E-state index in [0.717, 1.165) is 25.7 Å². The van der Waals surface area contributed by atoms with Gasteiger partial charge in [0.15, 0.2) is 0 Å². The third kappa shape index (κ3) is 3.58. The van der Waals surface area contributed by atoms with Gasteiger partial charge in [0.2, 0.25) is 15.2 Å². The second-order valence-electron chi connectivity index (χ2n) is 7.85. The van der Waals surface area contributed by atoms with E-state index in [-0.39, 0.29) is 10.3 Å². The van der Waals surface area contributed by atoms with Crippen LogP contribution in [0.3, 0.4) is 0 Å². The lowest BCUT2D eigenvalue weighted by molar-refractivity contribution is -0.144. The maximum absolute atomic E-state index is 13.3. The number of halogens is 1. The Morgan fingerprint density at radius 2 is 1.72 bits per heavy atom. The fraction of sp³-hybridized carbons (Fsp3) is 0.409. The number of carbonyl (C=O) groups is 1. The number of hydrogen-bond donors (Lipinski definition) is 0. The van der Waals surface area contributed by atoms with Crippen LogP contribution < -0.4 is 0 Å². The molecule has 7 heteroatoms. The topological polar surface area (TPSA) is 63.7 Å². The average Bonchev–Trinajstić information content (AvgIpc) is 3.08. The minimum atomic E-state index is -3.93. The van der Waals surface area contributed by atoms with Gasteiger partial charge >= 0.3 is 5.97 Å². The summed E-state index contributed by atoms with van der Waals surface area (Å²) in [5.74, 6) is -0.747. The number of sulfone groups is 1. The summed E-state index contributed by atoms with van der Waals surface area (Å²) in [5.41, 5.74) is 2.85. The average molecular weight is 434 g/mol. The molecule has 1 aliphatic heterocycles. The van der Waals surface area contributed by atoms with Crippen LogP contribution in [-0.2, 0) is 31.2 Å². The van der Waals surface area contributed by atoms with Crippen molar-refractivity contribution in [3.8, 4) is 0 Å². The van der Waals surface area contributed by atoms with E-state index in [0.29, 0.717) is 18.1 Å². The number of hydrogen-bond acceptors (Lipinski definition) is 5. The first kappa shape index (κ1) is 20.4. The third-order valence-corrected chi connectivity index (χ3v) is 8.65. The van der Waals surface area contributed by atoms with Crippen molar-refractivity contribution in [2.75, 3.05) is 20.2 Å². The largest absolute Gasteiger partial charge is 0.467 e. The number of benzene rings is 2. The van der Waals surface area contributed by atoms with E-state index >= 15 is 0 Å². The Morgan fingerprint density at radius 1 is 1.07 bits per heavy atom. The highest BCUT2D eigenvalue weighted by atomic mass is 35.5. The predicted molar refractivity (Wildman–Crippen MR) is 112 cm³/mol. The van der Waals surface area contributed by atoms with Crippen LogP contribution in [0.4, 0.5) is 0 Å². The molecule has 2 aromatic carbocycles. The summed E-state index contributed by atoms with van der Waals surface area (Å²) in [6, 6.07) is 14.4. The van der Waals surface area contributed by atoms with Crippen molar-refractivity contribution in [1.29, 1.82) is 0 Å². The Labute approximate surface area is 176 Å². The Morgan fingerprint density at radius 3 is 2.38 bits per heavy atom. The molecule has 0 amide bonds. The zero-order valence-corrected chi connectivity index (χ0v) is 17.9. The molecular weight excluding hydrogens is 410 g/mol. The molecule has 154 valence electrons. The Balaban J connectivity index is 1.60. The van der Waals surface area contributed by atoms with E-state index in [2.05, 4.69) is 24.3 Å². The lowest BCUT2D eigenvalue weighted by Crippen LogP contribution is -2.52. The van der Waals surface area contributed by atoms with Crippen molar-refractivity contribution >= 4 is 27.4 Å². The summed E-state index contributed by atoms with van der Waals surface area (Å²) in [5, 5.41) is -0.902. The molecule has 1 atom stereocenters. The van der Waals surface area contributed by atoms with Gasteiger partial charge in [-0.1, -0.05) is 35.9 Å². The number of fused-ring (bicyclic) bond motifs is 2. The van der Waals surface area contributed by atoms with Crippen molar-refractivity contribution in [2.45, 2.75) is 41.4 Å². The molecule has 1 aliphatic carbocycles. The molecular formula is C22H24ClNO4S. The number of nitrogens with zero attached hydrogens (tertiary/aromatic N) is 1. The number of aryl methyl sites for hydroxylation is 1. The molecule has 5 nitrogen and oxygen atoms in total. The van der Waals surface area contributed by atoms with Crippen LogP contribution in [0.1, 0.15) is 30.4 Å². The molecule has 0 saturated carbocycles. The summed E-state index contributed by atoms with van der Waals surface area (Å²) in [7, 11) is -2.70. The van der Waals surface area contributed by atoms with Crippen molar-refractivity contribution in [3.63, 3.8) is 0 Å². The molecule has 0 bridgehead atoms. The minimum Gasteiger partial charge on any atom is -0.467 e. The zero-order chi connectivity index (χ0) is 20.6. The van der Waals surface area contributed by atoms with Crippen molar-refractivity contribution in [1.82, 2.24) is 4.90 Å². The highest BCUT2D eigenvalue weighted by molar-refractivity contribution is 7.92. The number of carbonyl (C=O) groups excluding carboxylic acids is 1. The van der Waals surface area contributed by atoms with E-state index in [1.165, 1.54) is 42.5 Å². The van der Waals surface area contributed by atoms with Crippen LogP contribution in [0, 0.1) is 0 Å². The van der Waals surface area contributed by atoms with E-state index in [1.807, 2.05) is 0 Å². The number of esters is 1.